The Morgan fingerprint density at radius 2 is 1.84 bits per heavy atom. The van der Waals surface area contributed by atoms with Crippen molar-refractivity contribution in [1.29, 1.82) is 0 Å². The van der Waals surface area contributed by atoms with Crippen LogP contribution in [0.4, 0.5) is 11.4 Å². The van der Waals surface area contributed by atoms with Gasteiger partial charge in [0.25, 0.3) is 11.8 Å². The van der Waals surface area contributed by atoms with Crippen molar-refractivity contribution in [2.24, 2.45) is 10.3 Å². The molecule has 11 heteroatoms. The van der Waals surface area contributed by atoms with Crippen LogP contribution in [0.25, 0.3) is 0 Å². The first kappa shape index (κ1) is 20.6. The molecule has 10 nitrogen and oxygen atoms in total. The van der Waals surface area contributed by atoms with E-state index in [0.29, 0.717) is 27.9 Å². The molecule has 0 bridgehead atoms. The van der Waals surface area contributed by atoms with Gasteiger partial charge in [0.1, 0.15) is 18.0 Å². The second kappa shape index (κ2) is 8.23. The van der Waals surface area contributed by atoms with E-state index in [-0.39, 0.29) is 6.54 Å². The SMILES string of the molecule is COc1ccc(N2C(=O)[C@@H]3[C@@H](N=NN3CC(=O)Nc3cc(Cl)ccc3OC)C2=O)cc1. The van der Waals surface area contributed by atoms with Crippen molar-refractivity contribution < 1.29 is 23.9 Å². The molecule has 2 aromatic carbocycles. The molecule has 0 aromatic heterocycles. The normalized spacial score (nSPS) is 19.6. The number of hydrogen-bond acceptors (Lipinski definition) is 8. The van der Waals surface area contributed by atoms with E-state index in [0.717, 1.165) is 4.90 Å². The quantitative estimate of drug-likeness (QED) is 0.685. The number of hydrogen-bond donors (Lipinski definition) is 1. The van der Waals surface area contributed by atoms with E-state index in [2.05, 4.69) is 15.7 Å². The molecule has 0 unspecified atom stereocenters. The zero-order valence-electron chi connectivity index (χ0n) is 16.6. The molecule has 0 spiro atoms. The minimum atomic E-state index is -0.997. The average molecular weight is 444 g/mol. The Labute approximate surface area is 182 Å². The number of nitrogens with zero attached hydrogens (tertiary/aromatic N) is 4. The van der Waals surface area contributed by atoms with Crippen molar-refractivity contribution >= 4 is 40.7 Å². The van der Waals surface area contributed by atoms with Crippen molar-refractivity contribution in [3.05, 3.63) is 47.5 Å². The number of rotatable bonds is 6. The Morgan fingerprint density at radius 3 is 2.52 bits per heavy atom. The van der Waals surface area contributed by atoms with Gasteiger partial charge in [0.2, 0.25) is 5.91 Å². The highest BCUT2D eigenvalue weighted by Crippen LogP contribution is 2.33. The van der Waals surface area contributed by atoms with Gasteiger partial charge >= 0.3 is 0 Å². The third-order valence-electron chi connectivity index (χ3n) is 4.93. The summed E-state index contributed by atoms with van der Waals surface area (Å²) in [6, 6.07) is 9.32. The van der Waals surface area contributed by atoms with Crippen molar-refractivity contribution in [2.45, 2.75) is 12.1 Å². The van der Waals surface area contributed by atoms with Gasteiger partial charge in [-0.3, -0.25) is 19.4 Å². The summed E-state index contributed by atoms with van der Waals surface area (Å²) in [6.07, 6.45) is 0. The Hall–Kier alpha value is -3.66. The predicted molar refractivity (Wildman–Crippen MR) is 111 cm³/mol. The van der Waals surface area contributed by atoms with E-state index in [1.807, 2.05) is 0 Å². The lowest BCUT2D eigenvalue weighted by Gasteiger charge is -2.20. The number of amides is 3. The molecule has 3 amide bonds. The summed E-state index contributed by atoms with van der Waals surface area (Å²) in [6.45, 7) is -0.282. The third-order valence-corrected chi connectivity index (χ3v) is 5.16. The van der Waals surface area contributed by atoms with Crippen molar-refractivity contribution in [1.82, 2.24) is 5.01 Å². The fourth-order valence-corrected chi connectivity index (χ4v) is 3.63. The number of ether oxygens (including phenoxy) is 2. The summed E-state index contributed by atoms with van der Waals surface area (Å²) < 4.78 is 10.3. The number of carbonyl (C=O) groups excluding carboxylic acids is 3. The molecular weight excluding hydrogens is 426 g/mol. The minimum absolute atomic E-state index is 0.282. The second-order valence-corrected chi connectivity index (χ2v) is 7.23. The smallest absolute Gasteiger partial charge is 0.263 e. The van der Waals surface area contributed by atoms with Gasteiger partial charge in [-0.25, -0.2) is 4.90 Å². The van der Waals surface area contributed by atoms with Gasteiger partial charge in [-0.1, -0.05) is 16.8 Å². The molecule has 1 saturated heterocycles. The number of nitrogens with one attached hydrogen (secondary N) is 1. The Bertz CT molecular complexity index is 1070. The first-order valence-electron chi connectivity index (χ1n) is 9.25. The lowest BCUT2D eigenvalue weighted by Crippen LogP contribution is -2.43. The van der Waals surface area contributed by atoms with Crippen LogP contribution in [-0.4, -0.2) is 55.6 Å². The van der Waals surface area contributed by atoms with Gasteiger partial charge in [-0.15, -0.1) is 0 Å². The number of carbonyl (C=O) groups is 3. The fraction of sp³-hybridized carbons (Fsp3) is 0.250. The maximum atomic E-state index is 13.0. The first-order valence-corrected chi connectivity index (χ1v) is 9.63. The predicted octanol–water partition coefficient (Wildman–Crippen LogP) is 2.29. The standard InChI is InChI=1S/C20H18ClN5O5/c1-30-13-6-4-12(5-7-13)26-19(28)17-18(20(26)29)25(24-23-17)10-16(27)22-14-9-11(21)3-8-15(14)31-2/h3-9,17-18H,10H2,1-2H3,(H,22,27)/t17-,18+/m1/s1. The Kier molecular flexibility index (Phi) is 5.47. The van der Waals surface area contributed by atoms with Crippen molar-refractivity contribution in [2.75, 3.05) is 31.0 Å². The molecule has 160 valence electrons. The van der Waals surface area contributed by atoms with Crippen LogP contribution >= 0.6 is 11.6 Å². The maximum absolute atomic E-state index is 13.0. The largest absolute Gasteiger partial charge is 0.497 e. The third kappa shape index (κ3) is 3.77. The minimum Gasteiger partial charge on any atom is -0.497 e. The van der Waals surface area contributed by atoms with Crippen LogP contribution in [0.5, 0.6) is 11.5 Å². The van der Waals surface area contributed by atoms with Crippen LogP contribution in [0.1, 0.15) is 0 Å². The number of imide groups is 1. The molecular formula is C20H18ClN5O5. The van der Waals surface area contributed by atoms with Crippen molar-refractivity contribution in [3.63, 3.8) is 0 Å². The highest BCUT2D eigenvalue weighted by molar-refractivity contribution is 6.31. The molecule has 2 aliphatic rings. The van der Waals surface area contributed by atoms with E-state index in [9.17, 15) is 14.4 Å². The lowest BCUT2D eigenvalue weighted by atomic mass is 10.1. The van der Waals surface area contributed by atoms with E-state index in [1.165, 1.54) is 19.2 Å². The van der Waals surface area contributed by atoms with Crippen molar-refractivity contribution in [3.8, 4) is 11.5 Å². The van der Waals surface area contributed by atoms with E-state index < -0.39 is 29.8 Å². The molecule has 1 N–H and O–H groups in total. The van der Waals surface area contributed by atoms with E-state index in [1.54, 1.807) is 42.5 Å². The van der Waals surface area contributed by atoms with Crippen LogP contribution in [-0.2, 0) is 14.4 Å². The number of benzene rings is 2. The van der Waals surface area contributed by atoms with Gasteiger partial charge in [-0.05, 0) is 42.5 Å². The monoisotopic (exact) mass is 443 g/mol. The summed E-state index contributed by atoms with van der Waals surface area (Å²) in [5, 5.41) is 12.1. The molecule has 2 aliphatic heterocycles. The molecule has 0 saturated carbocycles. The molecule has 4 rings (SSSR count). The zero-order valence-corrected chi connectivity index (χ0v) is 17.4. The lowest BCUT2D eigenvalue weighted by molar-refractivity contribution is -0.123. The molecule has 2 atom stereocenters. The number of halogens is 1. The van der Waals surface area contributed by atoms with Gasteiger partial charge in [-0.2, -0.15) is 5.11 Å². The summed E-state index contributed by atoms with van der Waals surface area (Å²) in [5.41, 5.74) is 0.773. The summed E-state index contributed by atoms with van der Waals surface area (Å²) in [7, 11) is 2.99. The number of methoxy groups -OCH3 is 2. The van der Waals surface area contributed by atoms with Gasteiger partial charge in [0.05, 0.1) is 25.6 Å². The summed E-state index contributed by atoms with van der Waals surface area (Å²) in [5.74, 6) is -0.445. The molecule has 2 aromatic rings. The van der Waals surface area contributed by atoms with Gasteiger partial charge in [0, 0.05) is 5.02 Å². The van der Waals surface area contributed by atoms with E-state index in [4.69, 9.17) is 21.1 Å². The topological polar surface area (TPSA) is 113 Å². The maximum Gasteiger partial charge on any atom is 0.263 e. The summed E-state index contributed by atoms with van der Waals surface area (Å²) in [4.78, 5) is 39.4. The van der Waals surface area contributed by atoms with Crippen LogP contribution in [0, 0.1) is 0 Å². The number of fused-ring (bicyclic) bond motifs is 1. The second-order valence-electron chi connectivity index (χ2n) is 6.79. The fourth-order valence-electron chi connectivity index (χ4n) is 3.45. The highest BCUT2D eigenvalue weighted by Gasteiger charge is 2.55. The van der Waals surface area contributed by atoms with Gasteiger partial charge < -0.3 is 14.8 Å². The van der Waals surface area contributed by atoms with Gasteiger partial charge in [0.15, 0.2) is 12.1 Å². The molecule has 0 radical (unpaired) electrons. The van der Waals surface area contributed by atoms with E-state index >= 15 is 0 Å². The van der Waals surface area contributed by atoms with Crippen LogP contribution < -0.4 is 19.7 Å². The first-order chi connectivity index (χ1) is 14.9. The average Bonchev–Trinajstić information content (AvgIpc) is 3.28. The molecule has 1 fully saturated rings. The van der Waals surface area contributed by atoms with Crippen LogP contribution in [0.3, 0.4) is 0 Å². The highest BCUT2D eigenvalue weighted by atomic mass is 35.5. The zero-order chi connectivity index (χ0) is 22.1. The Balaban J connectivity index is 1.49. The van der Waals surface area contributed by atoms with Crippen LogP contribution in [0.2, 0.25) is 5.02 Å². The summed E-state index contributed by atoms with van der Waals surface area (Å²) >= 11 is 5.98. The number of anilines is 2. The Morgan fingerprint density at radius 1 is 1.10 bits per heavy atom. The molecule has 2 heterocycles. The molecule has 31 heavy (non-hydrogen) atoms. The van der Waals surface area contributed by atoms with Crippen LogP contribution in [0.15, 0.2) is 52.8 Å². The molecule has 0 aliphatic carbocycles.